The van der Waals surface area contributed by atoms with Crippen LogP contribution < -0.4 is 0 Å². The summed E-state index contributed by atoms with van der Waals surface area (Å²) in [6.45, 7) is 6.80. The normalized spacial score (nSPS) is 30.9. The lowest BCUT2D eigenvalue weighted by Gasteiger charge is -2.32. The largest absolute Gasteiger partial charge is 0.415 e. The predicted molar refractivity (Wildman–Crippen MR) is 49.3 cm³/mol. The highest BCUT2D eigenvalue weighted by Gasteiger charge is 2.28. The first-order valence-electron chi connectivity index (χ1n) is 3.78. The number of halogens is 1. The first-order chi connectivity index (χ1) is 4.10. The van der Waals surface area contributed by atoms with Crippen LogP contribution in [0.3, 0.4) is 0 Å². The molecule has 10 heavy (non-hydrogen) atoms. The fraction of sp³-hybridized carbons (Fsp3) is 1.00. The second-order valence-electron chi connectivity index (χ2n) is 3.58. The van der Waals surface area contributed by atoms with Gasteiger partial charge in [-0.25, -0.2) is 0 Å². The van der Waals surface area contributed by atoms with Gasteiger partial charge in [0.25, 0.3) is 0 Å². The molecule has 1 saturated heterocycles. The number of rotatable bonds is 0. The van der Waals surface area contributed by atoms with E-state index in [0.29, 0.717) is 6.10 Å². The van der Waals surface area contributed by atoms with E-state index in [0.717, 1.165) is 0 Å². The summed E-state index contributed by atoms with van der Waals surface area (Å²) in [4.78, 5) is 0. The average molecular weight is 181 g/mol. The molecule has 1 heterocycles. The maximum atomic E-state index is 5.81. The Bertz CT molecular complexity index is 106. The van der Waals surface area contributed by atoms with Gasteiger partial charge in [0.05, 0.1) is 0 Å². The fourth-order valence-corrected chi connectivity index (χ4v) is 3.86. The molecule has 62 valence electrons. The van der Waals surface area contributed by atoms with Gasteiger partial charge < -0.3 is 4.43 Å². The zero-order chi connectivity index (χ0) is 6.91. The van der Waals surface area contributed by atoms with Gasteiger partial charge in [0.15, 0.2) is 8.32 Å². The van der Waals surface area contributed by atoms with Crippen LogP contribution in [0.15, 0.2) is 0 Å². The van der Waals surface area contributed by atoms with Crippen LogP contribution in [0.5, 0.6) is 0 Å². The highest BCUT2D eigenvalue weighted by Crippen LogP contribution is 2.24. The summed E-state index contributed by atoms with van der Waals surface area (Å²) >= 11 is 0. The van der Waals surface area contributed by atoms with Gasteiger partial charge in [-0.2, -0.15) is 0 Å². The summed E-state index contributed by atoms with van der Waals surface area (Å²) in [5.74, 6) is 0. The van der Waals surface area contributed by atoms with Crippen LogP contribution in [-0.2, 0) is 4.43 Å². The summed E-state index contributed by atoms with van der Waals surface area (Å²) in [6, 6.07) is 1.36. The minimum absolute atomic E-state index is 0. The van der Waals surface area contributed by atoms with Crippen LogP contribution in [0, 0.1) is 0 Å². The molecule has 1 fully saturated rings. The van der Waals surface area contributed by atoms with Crippen molar-refractivity contribution in [1.82, 2.24) is 0 Å². The van der Waals surface area contributed by atoms with Crippen LogP contribution in [-0.4, -0.2) is 14.4 Å². The molecule has 0 N–H and O–H groups in total. The average Bonchev–Trinajstić information content (AvgIpc) is 1.60. The standard InChI is InChI=1S/C7H16OSi.ClH/c1-7-5-4-6-9(2,3)8-7;/h7H,4-6H2,1-3H3;1H. The second-order valence-corrected chi connectivity index (χ2v) is 7.84. The molecule has 0 amide bonds. The molecule has 1 unspecified atom stereocenters. The van der Waals surface area contributed by atoms with E-state index >= 15 is 0 Å². The molecule has 1 aliphatic rings. The van der Waals surface area contributed by atoms with E-state index in [2.05, 4.69) is 20.0 Å². The van der Waals surface area contributed by atoms with Crippen molar-refractivity contribution in [3.63, 3.8) is 0 Å². The van der Waals surface area contributed by atoms with Crippen LogP contribution in [0.25, 0.3) is 0 Å². The van der Waals surface area contributed by atoms with Crippen molar-refractivity contribution < 1.29 is 4.43 Å². The van der Waals surface area contributed by atoms with Gasteiger partial charge in [-0.1, -0.05) is 6.42 Å². The zero-order valence-electron chi connectivity index (χ0n) is 7.02. The van der Waals surface area contributed by atoms with Crippen LogP contribution in [0.4, 0.5) is 0 Å². The molecule has 1 rings (SSSR count). The van der Waals surface area contributed by atoms with Gasteiger partial charge in [0.2, 0.25) is 0 Å². The Balaban J connectivity index is 0.000000810. The van der Waals surface area contributed by atoms with Crippen molar-refractivity contribution in [1.29, 1.82) is 0 Å². The van der Waals surface area contributed by atoms with Gasteiger partial charge in [0, 0.05) is 6.10 Å². The highest BCUT2D eigenvalue weighted by molar-refractivity contribution is 6.71. The third kappa shape index (κ3) is 3.04. The molecule has 0 radical (unpaired) electrons. The number of hydrogen-bond donors (Lipinski definition) is 0. The molecule has 0 aromatic carbocycles. The first kappa shape index (κ1) is 10.5. The lowest BCUT2D eigenvalue weighted by Crippen LogP contribution is -2.37. The van der Waals surface area contributed by atoms with Crippen molar-refractivity contribution >= 4 is 20.7 Å². The van der Waals surface area contributed by atoms with Crippen LogP contribution in [0.1, 0.15) is 19.8 Å². The molecule has 1 aliphatic heterocycles. The Morgan fingerprint density at radius 1 is 1.40 bits per heavy atom. The Morgan fingerprint density at radius 3 is 2.30 bits per heavy atom. The van der Waals surface area contributed by atoms with Crippen molar-refractivity contribution in [2.45, 2.75) is 45.0 Å². The Labute approximate surface area is 70.7 Å². The Kier molecular flexibility index (Phi) is 3.92. The molecule has 0 spiro atoms. The third-order valence-electron chi connectivity index (χ3n) is 1.91. The molecule has 1 nitrogen and oxygen atoms in total. The van der Waals surface area contributed by atoms with E-state index in [1.54, 1.807) is 0 Å². The summed E-state index contributed by atoms with van der Waals surface area (Å²) in [5, 5.41) is 0. The van der Waals surface area contributed by atoms with Crippen molar-refractivity contribution in [2.75, 3.05) is 0 Å². The minimum Gasteiger partial charge on any atom is -0.415 e. The third-order valence-corrected chi connectivity index (χ3v) is 4.51. The highest BCUT2D eigenvalue weighted by atomic mass is 35.5. The van der Waals surface area contributed by atoms with Crippen LogP contribution in [0.2, 0.25) is 19.1 Å². The van der Waals surface area contributed by atoms with Gasteiger partial charge in [0.1, 0.15) is 0 Å². The SMILES string of the molecule is CC1CCC[Si](C)(C)O1.Cl. The maximum Gasteiger partial charge on any atom is 0.187 e. The van der Waals surface area contributed by atoms with E-state index in [-0.39, 0.29) is 12.4 Å². The molecular formula is C7H17ClOSi. The molecule has 0 aliphatic carbocycles. The van der Waals surface area contributed by atoms with Gasteiger partial charge in [-0.05, 0) is 32.5 Å². The fourth-order valence-electron chi connectivity index (χ4n) is 1.48. The quantitative estimate of drug-likeness (QED) is 0.521. The summed E-state index contributed by atoms with van der Waals surface area (Å²) in [6.07, 6.45) is 3.21. The molecule has 0 saturated carbocycles. The summed E-state index contributed by atoms with van der Waals surface area (Å²) < 4.78 is 5.81. The second kappa shape index (κ2) is 3.74. The smallest absolute Gasteiger partial charge is 0.187 e. The number of hydrogen-bond acceptors (Lipinski definition) is 1. The van der Waals surface area contributed by atoms with Crippen molar-refractivity contribution in [3.8, 4) is 0 Å². The van der Waals surface area contributed by atoms with Crippen molar-refractivity contribution in [3.05, 3.63) is 0 Å². The summed E-state index contributed by atoms with van der Waals surface area (Å²) in [7, 11) is -1.15. The van der Waals surface area contributed by atoms with E-state index < -0.39 is 8.32 Å². The molecule has 3 heteroatoms. The van der Waals surface area contributed by atoms with E-state index in [1.807, 2.05) is 0 Å². The Morgan fingerprint density at radius 2 is 2.00 bits per heavy atom. The molecule has 1 atom stereocenters. The first-order valence-corrected chi connectivity index (χ1v) is 6.89. The van der Waals surface area contributed by atoms with E-state index in [1.165, 1.54) is 18.9 Å². The molecule has 0 aromatic rings. The Hall–Kier alpha value is 0.467. The van der Waals surface area contributed by atoms with Gasteiger partial charge in [-0.3, -0.25) is 0 Å². The van der Waals surface area contributed by atoms with Gasteiger partial charge in [-0.15, -0.1) is 12.4 Å². The summed E-state index contributed by atoms with van der Waals surface area (Å²) in [5.41, 5.74) is 0. The molecule has 0 aromatic heterocycles. The van der Waals surface area contributed by atoms with E-state index in [9.17, 15) is 0 Å². The lowest BCUT2D eigenvalue weighted by atomic mass is 10.2. The monoisotopic (exact) mass is 180 g/mol. The minimum atomic E-state index is -1.15. The van der Waals surface area contributed by atoms with Gasteiger partial charge >= 0.3 is 0 Å². The molecule has 0 bridgehead atoms. The molecular weight excluding hydrogens is 164 g/mol. The van der Waals surface area contributed by atoms with Crippen molar-refractivity contribution in [2.24, 2.45) is 0 Å². The predicted octanol–water partition coefficient (Wildman–Crippen LogP) is 2.81. The van der Waals surface area contributed by atoms with Crippen LogP contribution >= 0.6 is 12.4 Å². The van der Waals surface area contributed by atoms with E-state index in [4.69, 9.17) is 4.43 Å². The maximum absolute atomic E-state index is 5.81. The zero-order valence-corrected chi connectivity index (χ0v) is 8.83. The lowest BCUT2D eigenvalue weighted by molar-refractivity contribution is 0.179. The topological polar surface area (TPSA) is 9.23 Å².